The molecule has 15 heavy (non-hydrogen) atoms. The molecule has 0 spiro atoms. The Kier molecular flexibility index (Phi) is 5.40. The third-order valence-corrected chi connectivity index (χ3v) is 2.68. The lowest BCUT2D eigenvalue weighted by atomic mass is 10.1. The molecule has 1 aliphatic heterocycles. The molecule has 86 valence electrons. The molecule has 1 saturated heterocycles. The first kappa shape index (κ1) is 12.2. The average Bonchev–Trinajstić information content (AvgIpc) is 2.23. The third kappa shape index (κ3) is 3.67. The van der Waals surface area contributed by atoms with Crippen LogP contribution in [-0.4, -0.2) is 30.2 Å². The van der Waals surface area contributed by atoms with Gasteiger partial charge in [-0.3, -0.25) is 4.79 Å². The number of allylic oxidation sites excluding steroid dienone is 1. The molecule has 1 amide bonds. The van der Waals surface area contributed by atoms with Crippen molar-refractivity contribution in [3.63, 3.8) is 0 Å². The fourth-order valence-corrected chi connectivity index (χ4v) is 1.93. The van der Waals surface area contributed by atoms with Crippen LogP contribution in [0.5, 0.6) is 0 Å². The van der Waals surface area contributed by atoms with E-state index in [0.29, 0.717) is 13.0 Å². The molecular formula is C12H21NO2. The molecule has 1 atom stereocenters. The lowest BCUT2D eigenvalue weighted by Gasteiger charge is -2.35. The maximum absolute atomic E-state index is 11.7. The number of rotatable bonds is 6. The van der Waals surface area contributed by atoms with E-state index in [0.717, 1.165) is 32.2 Å². The van der Waals surface area contributed by atoms with E-state index >= 15 is 0 Å². The Morgan fingerprint density at radius 2 is 2.47 bits per heavy atom. The number of piperidine rings is 1. The molecule has 0 bridgehead atoms. The van der Waals surface area contributed by atoms with Crippen LogP contribution in [-0.2, 0) is 9.53 Å². The Morgan fingerprint density at radius 1 is 1.67 bits per heavy atom. The predicted molar refractivity (Wildman–Crippen MR) is 60.4 cm³/mol. The first-order valence-corrected chi connectivity index (χ1v) is 5.81. The molecule has 1 aliphatic rings. The van der Waals surface area contributed by atoms with Gasteiger partial charge in [0.15, 0.2) is 0 Å². The average molecular weight is 211 g/mol. The Morgan fingerprint density at radius 3 is 3.13 bits per heavy atom. The molecule has 0 N–H and O–H groups in total. The van der Waals surface area contributed by atoms with E-state index in [1.165, 1.54) is 0 Å². The van der Waals surface area contributed by atoms with Crippen LogP contribution < -0.4 is 0 Å². The number of unbranched alkanes of at least 4 members (excludes halogenated alkanes) is 1. The minimum Gasteiger partial charge on any atom is -0.359 e. The van der Waals surface area contributed by atoms with Gasteiger partial charge in [-0.2, -0.15) is 0 Å². The number of hydrogen-bond acceptors (Lipinski definition) is 2. The van der Waals surface area contributed by atoms with Gasteiger partial charge in [0, 0.05) is 19.6 Å². The van der Waals surface area contributed by atoms with Crippen LogP contribution in [0, 0.1) is 0 Å². The van der Waals surface area contributed by atoms with E-state index in [2.05, 4.69) is 6.58 Å². The fourth-order valence-electron chi connectivity index (χ4n) is 1.93. The summed E-state index contributed by atoms with van der Waals surface area (Å²) in [6, 6.07) is 0. The van der Waals surface area contributed by atoms with Crippen molar-refractivity contribution in [1.82, 2.24) is 4.90 Å². The molecule has 1 fully saturated rings. The summed E-state index contributed by atoms with van der Waals surface area (Å²) in [4.78, 5) is 13.6. The molecule has 3 nitrogen and oxygen atoms in total. The molecule has 1 unspecified atom stereocenters. The van der Waals surface area contributed by atoms with Gasteiger partial charge in [-0.1, -0.05) is 6.08 Å². The monoisotopic (exact) mass is 211 g/mol. The zero-order chi connectivity index (χ0) is 11.1. The lowest BCUT2D eigenvalue weighted by Crippen LogP contribution is -2.45. The smallest absolute Gasteiger partial charge is 0.224 e. The second kappa shape index (κ2) is 6.62. The van der Waals surface area contributed by atoms with Crippen molar-refractivity contribution < 1.29 is 9.53 Å². The normalized spacial score (nSPS) is 21.8. The molecular weight excluding hydrogens is 190 g/mol. The Balaban J connectivity index is 2.44. The maximum Gasteiger partial charge on any atom is 0.224 e. The number of nitrogens with zero attached hydrogens (tertiary/aromatic N) is 1. The number of amides is 1. The summed E-state index contributed by atoms with van der Waals surface area (Å²) < 4.78 is 5.58. The number of ether oxygens (including phenoxy) is 1. The minimum atomic E-state index is 0.0149. The largest absolute Gasteiger partial charge is 0.359 e. The van der Waals surface area contributed by atoms with Gasteiger partial charge >= 0.3 is 0 Å². The summed E-state index contributed by atoms with van der Waals surface area (Å²) in [6.45, 7) is 7.13. The van der Waals surface area contributed by atoms with Gasteiger partial charge in [0.25, 0.3) is 0 Å². The van der Waals surface area contributed by atoms with Crippen molar-refractivity contribution in [2.75, 3.05) is 13.2 Å². The molecule has 0 aromatic carbocycles. The van der Waals surface area contributed by atoms with Crippen molar-refractivity contribution in [2.24, 2.45) is 0 Å². The van der Waals surface area contributed by atoms with Gasteiger partial charge in [0.2, 0.25) is 5.91 Å². The van der Waals surface area contributed by atoms with Crippen molar-refractivity contribution in [2.45, 2.75) is 45.3 Å². The zero-order valence-corrected chi connectivity index (χ0v) is 9.58. The third-order valence-electron chi connectivity index (χ3n) is 2.68. The van der Waals surface area contributed by atoms with Crippen LogP contribution in [0.2, 0.25) is 0 Å². The number of hydrogen-bond donors (Lipinski definition) is 0. The molecule has 0 saturated carbocycles. The van der Waals surface area contributed by atoms with Crippen molar-refractivity contribution in [1.29, 1.82) is 0 Å². The molecule has 0 radical (unpaired) electrons. The molecule has 0 aliphatic carbocycles. The van der Waals surface area contributed by atoms with E-state index in [1.807, 2.05) is 17.9 Å². The van der Waals surface area contributed by atoms with Crippen LogP contribution in [0.25, 0.3) is 0 Å². The zero-order valence-electron chi connectivity index (χ0n) is 9.58. The van der Waals surface area contributed by atoms with Gasteiger partial charge in [-0.15, -0.1) is 6.58 Å². The van der Waals surface area contributed by atoms with Gasteiger partial charge < -0.3 is 9.64 Å². The number of likely N-dealkylation sites (tertiary alicyclic amines) is 1. The maximum atomic E-state index is 11.7. The topological polar surface area (TPSA) is 29.5 Å². The summed E-state index contributed by atoms with van der Waals surface area (Å²) in [6.07, 6.45) is 6.47. The van der Waals surface area contributed by atoms with Crippen LogP contribution in [0.4, 0.5) is 0 Å². The summed E-state index contributed by atoms with van der Waals surface area (Å²) >= 11 is 0. The number of carbonyl (C=O) groups is 1. The SMILES string of the molecule is C=CCCCN1C(=O)CCCC1OCC. The van der Waals surface area contributed by atoms with E-state index in [1.54, 1.807) is 0 Å². The van der Waals surface area contributed by atoms with Gasteiger partial charge in [0.05, 0.1) is 0 Å². The quantitative estimate of drug-likeness (QED) is 0.498. The summed E-state index contributed by atoms with van der Waals surface area (Å²) in [5.74, 6) is 0.240. The van der Waals surface area contributed by atoms with E-state index in [-0.39, 0.29) is 12.1 Å². The van der Waals surface area contributed by atoms with Crippen molar-refractivity contribution in [3.8, 4) is 0 Å². The minimum absolute atomic E-state index is 0.0149. The highest BCUT2D eigenvalue weighted by molar-refractivity contribution is 5.77. The Bertz CT molecular complexity index is 214. The summed E-state index contributed by atoms with van der Waals surface area (Å²) in [5.41, 5.74) is 0. The highest BCUT2D eigenvalue weighted by Gasteiger charge is 2.27. The van der Waals surface area contributed by atoms with Crippen LogP contribution in [0.3, 0.4) is 0 Å². The molecule has 3 heteroatoms. The van der Waals surface area contributed by atoms with Gasteiger partial charge in [-0.05, 0) is 32.6 Å². The van der Waals surface area contributed by atoms with Crippen LogP contribution >= 0.6 is 0 Å². The van der Waals surface area contributed by atoms with E-state index < -0.39 is 0 Å². The van der Waals surface area contributed by atoms with Gasteiger partial charge in [-0.25, -0.2) is 0 Å². The molecule has 0 aromatic heterocycles. The van der Waals surface area contributed by atoms with Crippen molar-refractivity contribution in [3.05, 3.63) is 12.7 Å². The molecule has 1 rings (SSSR count). The van der Waals surface area contributed by atoms with Crippen LogP contribution in [0.1, 0.15) is 39.0 Å². The highest BCUT2D eigenvalue weighted by atomic mass is 16.5. The van der Waals surface area contributed by atoms with E-state index in [4.69, 9.17) is 4.74 Å². The first-order chi connectivity index (χ1) is 7.29. The summed E-state index contributed by atoms with van der Waals surface area (Å²) in [7, 11) is 0. The lowest BCUT2D eigenvalue weighted by molar-refractivity contribution is -0.152. The van der Waals surface area contributed by atoms with E-state index in [9.17, 15) is 4.79 Å². The van der Waals surface area contributed by atoms with Crippen molar-refractivity contribution >= 4 is 5.91 Å². The number of carbonyl (C=O) groups excluding carboxylic acids is 1. The standard InChI is InChI=1S/C12H21NO2/c1-3-5-6-10-13-11(14)8-7-9-12(13)15-4-2/h3,12H,1,4-10H2,2H3. The summed E-state index contributed by atoms with van der Waals surface area (Å²) in [5, 5.41) is 0. The first-order valence-electron chi connectivity index (χ1n) is 5.81. The second-order valence-electron chi connectivity index (χ2n) is 3.82. The predicted octanol–water partition coefficient (Wildman–Crippen LogP) is 2.33. The van der Waals surface area contributed by atoms with Gasteiger partial charge in [0.1, 0.15) is 6.23 Å². The van der Waals surface area contributed by atoms with Crippen LogP contribution in [0.15, 0.2) is 12.7 Å². The molecule has 1 heterocycles. The second-order valence-corrected chi connectivity index (χ2v) is 3.82. The highest BCUT2D eigenvalue weighted by Crippen LogP contribution is 2.19. The fraction of sp³-hybridized carbons (Fsp3) is 0.750. The Hall–Kier alpha value is -0.830. The molecule has 0 aromatic rings. The Labute approximate surface area is 92.1 Å².